The number of hydrogen-bond acceptors (Lipinski definition) is 5. The lowest BCUT2D eigenvalue weighted by Gasteiger charge is -2.40. The molecule has 2 aliphatic heterocycles. The van der Waals surface area contributed by atoms with Gasteiger partial charge in [-0.15, -0.1) is 0 Å². The Morgan fingerprint density at radius 3 is 2.43 bits per heavy atom. The van der Waals surface area contributed by atoms with E-state index in [9.17, 15) is 19.2 Å². The number of nitrogens with zero attached hydrogens (tertiary/aromatic N) is 3. The quantitative estimate of drug-likeness (QED) is 0.662. The van der Waals surface area contributed by atoms with E-state index in [0.717, 1.165) is 10.5 Å². The van der Waals surface area contributed by atoms with Gasteiger partial charge < -0.3 is 16.0 Å². The summed E-state index contributed by atoms with van der Waals surface area (Å²) in [5.74, 6) is -1.34. The van der Waals surface area contributed by atoms with Crippen molar-refractivity contribution in [3.05, 3.63) is 35.9 Å². The minimum atomic E-state index is -1.03. The molecule has 150 valence electrons. The van der Waals surface area contributed by atoms with Crippen LogP contribution in [0.5, 0.6) is 0 Å². The van der Waals surface area contributed by atoms with Gasteiger partial charge in [-0.2, -0.15) is 0 Å². The van der Waals surface area contributed by atoms with E-state index in [1.165, 1.54) is 4.90 Å². The van der Waals surface area contributed by atoms with Crippen LogP contribution in [0, 0.1) is 0 Å². The number of benzene rings is 1. The van der Waals surface area contributed by atoms with E-state index in [4.69, 9.17) is 5.73 Å². The average Bonchev–Trinajstić information content (AvgIpc) is 2.84. The lowest BCUT2D eigenvalue weighted by atomic mass is 10.1. The first-order chi connectivity index (χ1) is 13.2. The molecule has 2 heterocycles. The Labute approximate surface area is 163 Å². The maximum Gasteiger partial charge on any atom is 0.325 e. The first-order valence-electron chi connectivity index (χ1n) is 9.18. The third-order valence-corrected chi connectivity index (χ3v) is 5.14. The minimum absolute atomic E-state index is 0.133. The number of carbonyl (C=O) groups is 4. The van der Waals surface area contributed by atoms with Gasteiger partial charge in [-0.1, -0.05) is 30.3 Å². The van der Waals surface area contributed by atoms with E-state index in [2.05, 4.69) is 5.32 Å². The molecular weight excluding hydrogens is 362 g/mol. The van der Waals surface area contributed by atoms with Gasteiger partial charge in [-0.3, -0.25) is 24.2 Å². The number of nitrogens with two attached hydrogens (primary N) is 1. The number of hydrogen-bond donors (Lipinski definition) is 2. The number of primary amides is 1. The molecule has 1 atom stereocenters. The lowest BCUT2D eigenvalue weighted by molar-refractivity contribution is -0.142. The molecule has 9 nitrogen and oxygen atoms in total. The summed E-state index contributed by atoms with van der Waals surface area (Å²) in [7, 11) is 0. The zero-order chi connectivity index (χ0) is 20.5. The van der Waals surface area contributed by atoms with Gasteiger partial charge in [-0.05, 0) is 19.4 Å². The molecule has 0 bridgehead atoms. The van der Waals surface area contributed by atoms with Crippen molar-refractivity contribution >= 4 is 23.8 Å². The molecule has 5 amide bonds. The molecule has 28 heavy (non-hydrogen) atoms. The van der Waals surface area contributed by atoms with E-state index in [-0.39, 0.29) is 19.0 Å². The van der Waals surface area contributed by atoms with Gasteiger partial charge in [0.05, 0.1) is 0 Å². The van der Waals surface area contributed by atoms with Crippen LogP contribution in [0.15, 0.2) is 30.3 Å². The number of nitrogens with one attached hydrogen (secondary N) is 1. The number of piperazine rings is 1. The number of urea groups is 1. The molecule has 0 aromatic heterocycles. The predicted octanol–water partition coefficient (Wildman–Crippen LogP) is -0.485. The Balaban J connectivity index is 1.65. The highest BCUT2D eigenvalue weighted by molar-refractivity contribution is 6.08. The van der Waals surface area contributed by atoms with Crippen molar-refractivity contribution in [3.63, 3.8) is 0 Å². The Bertz CT molecular complexity index is 795. The Kier molecular flexibility index (Phi) is 5.37. The molecule has 2 fully saturated rings. The topological polar surface area (TPSA) is 116 Å². The summed E-state index contributed by atoms with van der Waals surface area (Å²) in [6.45, 7) is 4.37. The van der Waals surface area contributed by atoms with Crippen LogP contribution in [0.4, 0.5) is 4.79 Å². The highest BCUT2D eigenvalue weighted by Crippen LogP contribution is 2.18. The van der Waals surface area contributed by atoms with Gasteiger partial charge >= 0.3 is 6.03 Å². The number of imide groups is 1. The van der Waals surface area contributed by atoms with Crippen molar-refractivity contribution in [2.45, 2.75) is 32.0 Å². The van der Waals surface area contributed by atoms with Gasteiger partial charge in [0.2, 0.25) is 11.8 Å². The Morgan fingerprint density at radius 1 is 1.18 bits per heavy atom. The van der Waals surface area contributed by atoms with Crippen molar-refractivity contribution in [3.8, 4) is 0 Å². The summed E-state index contributed by atoms with van der Waals surface area (Å²) in [5, 5.41) is 2.55. The van der Waals surface area contributed by atoms with Crippen LogP contribution in [0.2, 0.25) is 0 Å². The third-order valence-electron chi connectivity index (χ3n) is 5.14. The van der Waals surface area contributed by atoms with Gasteiger partial charge in [0, 0.05) is 26.2 Å². The fourth-order valence-electron chi connectivity index (χ4n) is 3.52. The fourth-order valence-corrected chi connectivity index (χ4v) is 3.52. The zero-order valence-electron chi connectivity index (χ0n) is 16.1. The monoisotopic (exact) mass is 387 g/mol. The summed E-state index contributed by atoms with van der Waals surface area (Å²) in [6.07, 6.45) is 0. The smallest absolute Gasteiger partial charge is 0.325 e. The molecule has 0 saturated carbocycles. The Morgan fingerprint density at radius 2 is 1.86 bits per heavy atom. The van der Waals surface area contributed by atoms with Gasteiger partial charge in [0.15, 0.2) is 0 Å². The number of carbonyl (C=O) groups excluding carboxylic acids is 4. The number of amides is 5. The van der Waals surface area contributed by atoms with Crippen LogP contribution >= 0.6 is 0 Å². The largest absolute Gasteiger partial charge is 0.368 e. The molecular formula is C19H25N5O4. The molecule has 1 unspecified atom stereocenters. The van der Waals surface area contributed by atoms with Gasteiger partial charge in [0.1, 0.15) is 18.1 Å². The minimum Gasteiger partial charge on any atom is -0.368 e. The second-order valence-corrected chi connectivity index (χ2v) is 7.66. The zero-order valence-corrected chi connectivity index (χ0v) is 16.1. The van der Waals surface area contributed by atoms with E-state index < -0.39 is 29.4 Å². The molecule has 1 aromatic carbocycles. The predicted molar refractivity (Wildman–Crippen MR) is 101 cm³/mol. The van der Waals surface area contributed by atoms with E-state index in [1.807, 2.05) is 35.2 Å². The van der Waals surface area contributed by atoms with Crippen molar-refractivity contribution in [2.24, 2.45) is 5.73 Å². The molecule has 3 N–H and O–H groups in total. The highest BCUT2D eigenvalue weighted by atomic mass is 16.2. The Hall–Kier alpha value is -2.94. The van der Waals surface area contributed by atoms with E-state index >= 15 is 0 Å². The SMILES string of the molecule is CC1(C)NC(=O)N(CC(=O)N2CCN(Cc3ccccc3)C(C(N)=O)C2)C1=O. The average molecular weight is 387 g/mol. The third kappa shape index (κ3) is 3.99. The summed E-state index contributed by atoms with van der Waals surface area (Å²) in [5.41, 5.74) is 5.59. The van der Waals surface area contributed by atoms with Crippen molar-refractivity contribution in [2.75, 3.05) is 26.2 Å². The molecule has 3 rings (SSSR count). The van der Waals surface area contributed by atoms with E-state index in [0.29, 0.717) is 19.6 Å². The van der Waals surface area contributed by atoms with Crippen LogP contribution in [-0.4, -0.2) is 76.2 Å². The fraction of sp³-hybridized carbons (Fsp3) is 0.474. The lowest BCUT2D eigenvalue weighted by Crippen LogP contribution is -2.60. The summed E-state index contributed by atoms with van der Waals surface area (Å²) < 4.78 is 0. The van der Waals surface area contributed by atoms with Crippen LogP contribution in [0.3, 0.4) is 0 Å². The molecule has 0 aliphatic carbocycles. The van der Waals surface area contributed by atoms with Gasteiger partial charge in [0.25, 0.3) is 5.91 Å². The normalized spacial score (nSPS) is 22.3. The molecule has 1 aromatic rings. The van der Waals surface area contributed by atoms with Gasteiger partial charge in [-0.25, -0.2) is 4.79 Å². The van der Waals surface area contributed by atoms with Crippen LogP contribution in [0.1, 0.15) is 19.4 Å². The van der Waals surface area contributed by atoms with Crippen LogP contribution < -0.4 is 11.1 Å². The molecule has 0 radical (unpaired) electrons. The molecule has 2 aliphatic rings. The maximum absolute atomic E-state index is 12.7. The van der Waals surface area contributed by atoms with Crippen LogP contribution in [0.25, 0.3) is 0 Å². The van der Waals surface area contributed by atoms with Crippen LogP contribution in [-0.2, 0) is 20.9 Å². The summed E-state index contributed by atoms with van der Waals surface area (Å²) in [6, 6.07) is 8.49. The maximum atomic E-state index is 12.7. The number of rotatable bonds is 5. The van der Waals surface area contributed by atoms with Crippen molar-refractivity contribution in [1.29, 1.82) is 0 Å². The second-order valence-electron chi connectivity index (χ2n) is 7.66. The molecule has 2 saturated heterocycles. The standard InChI is InChI=1S/C19H25N5O4/c1-19(2)17(27)24(18(28)21-19)12-15(25)23-9-8-22(14(11-23)16(20)26)10-13-6-4-3-5-7-13/h3-7,14H,8-12H2,1-2H3,(H2,20,26)(H,21,28). The molecule has 9 heteroatoms. The van der Waals surface area contributed by atoms with E-state index in [1.54, 1.807) is 13.8 Å². The summed E-state index contributed by atoms with van der Waals surface area (Å²) >= 11 is 0. The highest BCUT2D eigenvalue weighted by Gasteiger charge is 2.45. The summed E-state index contributed by atoms with van der Waals surface area (Å²) in [4.78, 5) is 53.2. The first kappa shape index (κ1) is 19.8. The first-order valence-corrected chi connectivity index (χ1v) is 9.18. The second kappa shape index (κ2) is 7.59. The van der Waals surface area contributed by atoms with Crippen molar-refractivity contribution in [1.82, 2.24) is 20.0 Å². The van der Waals surface area contributed by atoms with Crippen molar-refractivity contribution < 1.29 is 19.2 Å². The molecule has 0 spiro atoms.